The van der Waals surface area contributed by atoms with Crippen molar-refractivity contribution < 1.29 is 17.2 Å². The predicted octanol–water partition coefficient (Wildman–Crippen LogP) is 4.63. The number of halogens is 3. The molecule has 2 heterocycles. The molecule has 4 rings (SSSR count). The Kier molecular flexibility index (Phi) is 6.64. The fourth-order valence-corrected chi connectivity index (χ4v) is 5.86. The van der Waals surface area contributed by atoms with Gasteiger partial charge in [-0.2, -0.15) is 4.39 Å². The van der Waals surface area contributed by atoms with E-state index in [1.54, 1.807) is 0 Å². The van der Waals surface area contributed by atoms with E-state index in [2.05, 4.69) is 19.9 Å². The molecular formula is C21H25ClF2N4O2S. The van der Waals surface area contributed by atoms with Gasteiger partial charge in [0.05, 0.1) is 10.7 Å². The molecule has 1 aliphatic heterocycles. The maximum Gasteiger partial charge on any atom is 0.266 e. The van der Waals surface area contributed by atoms with E-state index in [0.29, 0.717) is 11.7 Å². The first kappa shape index (κ1) is 22.2. The zero-order valence-electron chi connectivity index (χ0n) is 17.0. The van der Waals surface area contributed by atoms with E-state index in [-0.39, 0.29) is 16.9 Å². The summed E-state index contributed by atoms with van der Waals surface area (Å²) in [5.41, 5.74) is 0.373. The quantitative estimate of drug-likeness (QED) is 0.602. The van der Waals surface area contributed by atoms with Gasteiger partial charge in [-0.1, -0.05) is 30.5 Å². The molecule has 10 heteroatoms. The van der Waals surface area contributed by atoms with Gasteiger partial charge < -0.3 is 5.32 Å². The number of likely N-dealkylation sites (tertiary alicyclic amines) is 1. The molecule has 1 aromatic heterocycles. The number of hydrogen-bond donors (Lipinski definition) is 2. The van der Waals surface area contributed by atoms with Crippen LogP contribution in [0.4, 0.5) is 20.3 Å². The first-order valence-corrected chi connectivity index (χ1v) is 12.3. The predicted molar refractivity (Wildman–Crippen MR) is 117 cm³/mol. The van der Waals surface area contributed by atoms with Gasteiger partial charge in [-0.15, -0.1) is 0 Å². The fourth-order valence-electron chi connectivity index (χ4n) is 4.49. The summed E-state index contributed by atoms with van der Waals surface area (Å²) in [5.74, 6) is -2.03. The summed E-state index contributed by atoms with van der Waals surface area (Å²) in [6.07, 6.45) is 6.66. The number of sulfonamides is 1. The third-order valence-corrected chi connectivity index (χ3v) is 7.63. The molecule has 0 bridgehead atoms. The van der Waals surface area contributed by atoms with Crippen LogP contribution in [0.1, 0.15) is 38.5 Å². The molecule has 2 fully saturated rings. The monoisotopic (exact) mass is 470 g/mol. The number of rotatable bonds is 6. The Morgan fingerprint density at radius 1 is 1.06 bits per heavy atom. The smallest absolute Gasteiger partial charge is 0.266 e. The zero-order chi connectivity index (χ0) is 22.0. The Bertz CT molecular complexity index is 1050. The summed E-state index contributed by atoms with van der Waals surface area (Å²) in [7, 11) is -4.33. The molecule has 1 aliphatic carbocycles. The van der Waals surface area contributed by atoms with Crippen molar-refractivity contribution in [2.45, 2.75) is 55.5 Å². The SMILES string of the molecule is O=S(=O)(Nc1cccc(F)n1)c1cc(Cl)c(N[C@H]2CCCC[C@@H]2N2CCCC2)cc1F. The van der Waals surface area contributed by atoms with Crippen LogP contribution in [-0.2, 0) is 10.0 Å². The Morgan fingerprint density at radius 2 is 1.81 bits per heavy atom. The molecule has 0 radical (unpaired) electrons. The van der Waals surface area contributed by atoms with E-state index >= 15 is 0 Å². The summed E-state index contributed by atoms with van der Waals surface area (Å²) in [4.78, 5) is 5.31. The van der Waals surface area contributed by atoms with Crippen LogP contribution < -0.4 is 10.0 Å². The molecule has 2 atom stereocenters. The molecule has 31 heavy (non-hydrogen) atoms. The van der Waals surface area contributed by atoms with Gasteiger partial charge in [0.2, 0.25) is 5.95 Å². The van der Waals surface area contributed by atoms with E-state index in [9.17, 15) is 17.2 Å². The number of anilines is 2. The van der Waals surface area contributed by atoms with Gasteiger partial charge in [0.1, 0.15) is 16.5 Å². The minimum atomic E-state index is -4.33. The van der Waals surface area contributed by atoms with E-state index < -0.39 is 26.7 Å². The van der Waals surface area contributed by atoms with Crippen molar-refractivity contribution >= 4 is 33.1 Å². The first-order chi connectivity index (χ1) is 14.8. The lowest BCUT2D eigenvalue weighted by atomic mass is 9.89. The van der Waals surface area contributed by atoms with Crippen LogP contribution in [0.25, 0.3) is 0 Å². The maximum absolute atomic E-state index is 14.8. The van der Waals surface area contributed by atoms with Crippen LogP contribution in [0.5, 0.6) is 0 Å². The third-order valence-electron chi connectivity index (χ3n) is 5.95. The highest BCUT2D eigenvalue weighted by Gasteiger charge is 2.32. The Morgan fingerprint density at radius 3 is 2.55 bits per heavy atom. The molecule has 6 nitrogen and oxygen atoms in total. The van der Waals surface area contributed by atoms with Gasteiger partial charge in [0.15, 0.2) is 0 Å². The number of pyridine rings is 1. The normalized spacial score (nSPS) is 22.4. The minimum Gasteiger partial charge on any atom is -0.379 e. The molecule has 0 unspecified atom stereocenters. The Labute approximate surface area is 186 Å². The van der Waals surface area contributed by atoms with E-state index in [1.165, 1.54) is 31.4 Å². The van der Waals surface area contributed by atoms with Gasteiger partial charge in [0, 0.05) is 12.1 Å². The van der Waals surface area contributed by atoms with Crippen molar-refractivity contribution in [1.82, 2.24) is 9.88 Å². The fraction of sp³-hybridized carbons (Fsp3) is 0.476. The van der Waals surface area contributed by atoms with Gasteiger partial charge >= 0.3 is 0 Å². The second-order valence-corrected chi connectivity index (χ2v) is 10.1. The third kappa shape index (κ3) is 5.10. The molecule has 2 aliphatic rings. The molecule has 2 aromatic rings. The van der Waals surface area contributed by atoms with Crippen molar-refractivity contribution in [3.05, 3.63) is 47.1 Å². The van der Waals surface area contributed by atoms with Crippen LogP contribution in [0.2, 0.25) is 5.02 Å². The minimum absolute atomic E-state index is 0.111. The zero-order valence-corrected chi connectivity index (χ0v) is 18.5. The molecule has 2 N–H and O–H groups in total. The molecule has 1 saturated heterocycles. The lowest BCUT2D eigenvalue weighted by molar-refractivity contribution is 0.177. The lowest BCUT2D eigenvalue weighted by Gasteiger charge is -2.39. The first-order valence-electron chi connectivity index (χ1n) is 10.5. The van der Waals surface area contributed by atoms with Crippen molar-refractivity contribution in [2.24, 2.45) is 0 Å². The van der Waals surface area contributed by atoms with Crippen molar-refractivity contribution in [3.63, 3.8) is 0 Å². The average molecular weight is 471 g/mol. The van der Waals surface area contributed by atoms with Crippen LogP contribution in [0.3, 0.4) is 0 Å². The van der Waals surface area contributed by atoms with Gasteiger partial charge in [0.25, 0.3) is 10.0 Å². The average Bonchev–Trinajstić information content (AvgIpc) is 3.25. The highest BCUT2D eigenvalue weighted by atomic mass is 35.5. The summed E-state index contributed by atoms with van der Waals surface area (Å²) >= 11 is 6.35. The molecule has 1 saturated carbocycles. The molecular weight excluding hydrogens is 446 g/mol. The number of nitrogens with zero attached hydrogens (tertiary/aromatic N) is 2. The van der Waals surface area contributed by atoms with Crippen LogP contribution in [0, 0.1) is 11.8 Å². The van der Waals surface area contributed by atoms with Gasteiger partial charge in [-0.25, -0.2) is 17.8 Å². The molecule has 0 amide bonds. The molecule has 0 spiro atoms. The van der Waals surface area contributed by atoms with Crippen LogP contribution in [0.15, 0.2) is 35.2 Å². The number of hydrogen-bond acceptors (Lipinski definition) is 5. The van der Waals surface area contributed by atoms with Crippen LogP contribution >= 0.6 is 11.6 Å². The van der Waals surface area contributed by atoms with Crippen LogP contribution in [-0.4, -0.2) is 43.5 Å². The van der Waals surface area contributed by atoms with Crippen molar-refractivity contribution in [3.8, 4) is 0 Å². The summed E-state index contributed by atoms with van der Waals surface area (Å²) in [5, 5.41) is 3.47. The maximum atomic E-state index is 14.8. The number of aromatic nitrogens is 1. The van der Waals surface area contributed by atoms with Crippen molar-refractivity contribution in [1.29, 1.82) is 0 Å². The van der Waals surface area contributed by atoms with E-state index in [1.807, 2.05) is 0 Å². The number of benzene rings is 1. The Balaban J connectivity index is 1.55. The van der Waals surface area contributed by atoms with Crippen molar-refractivity contribution in [2.75, 3.05) is 23.1 Å². The summed E-state index contributed by atoms with van der Waals surface area (Å²) < 4.78 is 55.4. The topological polar surface area (TPSA) is 74.3 Å². The second-order valence-electron chi connectivity index (χ2n) is 8.06. The second kappa shape index (κ2) is 9.26. The lowest BCUT2D eigenvalue weighted by Crippen LogP contribution is -2.47. The van der Waals surface area contributed by atoms with E-state index in [0.717, 1.165) is 50.6 Å². The largest absolute Gasteiger partial charge is 0.379 e. The summed E-state index contributed by atoms with van der Waals surface area (Å²) in [6.45, 7) is 2.14. The standard InChI is InChI=1S/C21H25ClF2N4O2S/c22-14-12-19(31(29,30)27-21-9-5-8-20(24)26-21)15(23)13-17(14)25-16-6-1-2-7-18(16)28-10-3-4-11-28/h5,8-9,12-13,16,18,25H,1-4,6-7,10-11H2,(H,26,27)/t16-,18-/m0/s1. The van der Waals surface area contributed by atoms with E-state index in [4.69, 9.17) is 11.6 Å². The number of nitrogens with one attached hydrogen (secondary N) is 2. The van der Waals surface area contributed by atoms with Gasteiger partial charge in [-0.3, -0.25) is 9.62 Å². The molecule has 168 valence electrons. The molecule has 1 aromatic carbocycles. The highest BCUT2D eigenvalue weighted by molar-refractivity contribution is 7.92. The Hall–Kier alpha value is -1.97. The summed E-state index contributed by atoms with van der Waals surface area (Å²) in [6, 6.07) is 6.34. The highest BCUT2D eigenvalue weighted by Crippen LogP contribution is 2.33. The van der Waals surface area contributed by atoms with Gasteiger partial charge in [-0.05, 0) is 63.0 Å².